The molecule has 0 amide bonds. The summed E-state index contributed by atoms with van der Waals surface area (Å²) in [5.74, 6) is 0. The Morgan fingerprint density at radius 3 is 2.00 bits per heavy atom. The summed E-state index contributed by atoms with van der Waals surface area (Å²) in [6, 6.07) is 15.1. The Morgan fingerprint density at radius 2 is 1.42 bits per heavy atom. The van der Waals surface area contributed by atoms with E-state index in [1.54, 1.807) is 0 Å². The second-order valence-corrected chi connectivity index (χ2v) is 5.21. The Morgan fingerprint density at radius 1 is 0.842 bits per heavy atom. The van der Waals surface area contributed by atoms with Gasteiger partial charge < -0.3 is 5.32 Å². The first-order chi connectivity index (χ1) is 9.04. The van der Waals surface area contributed by atoms with Gasteiger partial charge in [0.15, 0.2) is 0 Å². The molecule has 98 valence electrons. The lowest BCUT2D eigenvalue weighted by molar-refractivity contribution is 1.37. The van der Waals surface area contributed by atoms with E-state index in [-0.39, 0.29) is 0 Å². The molecule has 0 aromatic heterocycles. The Bertz CT molecular complexity index is 571. The average Bonchev–Trinajstić information content (AvgIpc) is 2.36. The summed E-state index contributed by atoms with van der Waals surface area (Å²) < 4.78 is 0. The van der Waals surface area contributed by atoms with Crippen LogP contribution in [0.4, 0.5) is 5.69 Å². The van der Waals surface area contributed by atoms with E-state index in [0.717, 1.165) is 5.69 Å². The van der Waals surface area contributed by atoms with Crippen molar-refractivity contribution < 1.29 is 0 Å². The monoisotopic (exact) mass is 251 g/mol. The lowest BCUT2D eigenvalue weighted by Gasteiger charge is -2.07. The van der Waals surface area contributed by atoms with Crippen molar-refractivity contribution in [2.45, 2.75) is 27.7 Å². The molecule has 2 rings (SSSR count). The van der Waals surface area contributed by atoms with Crippen molar-refractivity contribution in [1.29, 1.82) is 0 Å². The molecule has 0 aliphatic rings. The van der Waals surface area contributed by atoms with Gasteiger partial charge in [0, 0.05) is 11.9 Å². The molecule has 0 aliphatic heterocycles. The highest BCUT2D eigenvalue weighted by Gasteiger charge is 1.96. The van der Waals surface area contributed by atoms with Gasteiger partial charge >= 0.3 is 0 Å². The Labute approximate surface area is 116 Å². The SMILES string of the molecule is C/C(=C\Nc1cc(C)cc(C)c1)c1ccc(C)cc1. The molecular weight excluding hydrogens is 230 g/mol. The number of allylic oxidation sites excluding steroid dienone is 1. The van der Waals surface area contributed by atoms with Crippen LogP contribution in [0.25, 0.3) is 5.57 Å². The molecule has 0 aliphatic carbocycles. The van der Waals surface area contributed by atoms with Gasteiger partial charge in [-0.3, -0.25) is 0 Å². The van der Waals surface area contributed by atoms with Gasteiger partial charge in [0.2, 0.25) is 0 Å². The van der Waals surface area contributed by atoms with Gasteiger partial charge in [-0.05, 0) is 62.1 Å². The second kappa shape index (κ2) is 5.75. The van der Waals surface area contributed by atoms with Crippen LogP contribution in [0.5, 0.6) is 0 Å². The standard InChI is InChI=1S/C18H21N/c1-13-5-7-17(8-6-13)16(4)12-19-18-10-14(2)9-15(3)11-18/h5-12,19H,1-4H3/b16-12+. The predicted molar refractivity (Wildman–Crippen MR) is 84.4 cm³/mol. The number of nitrogens with one attached hydrogen (secondary N) is 1. The molecule has 2 aromatic carbocycles. The maximum absolute atomic E-state index is 3.38. The van der Waals surface area contributed by atoms with Crippen molar-refractivity contribution >= 4 is 11.3 Å². The first-order valence-corrected chi connectivity index (χ1v) is 6.63. The molecule has 1 nitrogen and oxygen atoms in total. The van der Waals surface area contributed by atoms with E-state index < -0.39 is 0 Å². The van der Waals surface area contributed by atoms with Crippen LogP contribution in [0.1, 0.15) is 29.2 Å². The largest absolute Gasteiger partial charge is 0.361 e. The molecule has 1 N–H and O–H groups in total. The minimum absolute atomic E-state index is 1.14. The smallest absolute Gasteiger partial charge is 0.0385 e. The van der Waals surface area contributed by atoms with Gasteiger partial charge in [0.05, 0.1) is 0 Å². The third-order valence-corrected chi connectivity index (χ3v) is 3.18. The Kier molecular flexibility index (Phi) is 4.06. The summed E-state index contributed by atoms with van der Waals surface area (Å²) in [6.45, 7) is 8.47. The summed E-state index contributed by atoms with van der Waals surface area (Å²) in [6.07, 6.45) is 2.07. The number of anilines is 1. The molecule has 19 heavy (non-hydrogen) atoms. The number of hydrogen-bond donors (Lipinski definition) is 1. The van der Waals surface area contributed by atoms with Crippen LogP contribution in [-0.4, -0.2) is 0 Å². The highest BCUT2D eigenvalue weighted by Crippen LogP contribution is 2.17. The second-order valence-electron chi connectivity index (χ2n) is 5.21. The fourth-order valence-electron chi connectivity index (χ4n) is 2.15. The van der Waals surface area contributed by atoms with Crippen LogP contribution in [0.2, 0.25) is 0 Å². The number of hydrogen-bond acceptors (Lipinski definition) is 1. The van der Waals surface area contributed by atoms with Crippen LogP contribution in [0.3, 0.4) is 0 Å². The summed E-state index contributed by atoms with van der Waals surface area (Å²) >= 11 is 0. The van der Waals surface area contributed by atoms with E-state index in [1.807, 2.05) is 0 Å². The van der Waals surface area contributed by atoms with Crippen molar-refractivity contribution in [1.82, 2.24) is 0 Å². The lowest BCUT2D eigenvalue weighted by Crippen LogP contribution is -1.92. The number of aryl methyl sites for hydroxylation is 3. The van der Waals surface area contributed by atoms with Crippen molar-refractivity contribution in [3.8, 4) is 0 Å². The van der Waals surface area contributed by atoms with Crippen molar-refractivity contribution in [2.24, 2.45) is 0 Å². The van der Waals surface area contributed by atoms with Crippen LogP contribution in [-0.2, 0) is 0 Å². The summed E-state index contributed by atoms with van der Waals surface area (Å²) in [5, 5.41) is 3.38. The predicted octanol–water partition coefficient (Wildman–Crippen LogP) is 5.08. The third kappa shape index (κ3) is 3.72. The Balaban J connectivity index is 2.15. The maximum Gasteiger partial charge on any atom is 0.0385 e. The Hall–Kier alpha value is -2.02. The molecule has 0 radical (unpaired) electrons. The minimum Gasteiger partial charge on any atom is -0.361 e. The van der Waals surface area contributed by atoms with E-state index in [1.165, 1.54) is 27.8 Å². The molecule has 0 fully saturated rings. The quantitative estimate of drug-likeness (QED) is 0.801. The molecule has 0 bridgehead atoms. The highest BCUT2D eigenvalue weighted by molar-refractivity contribution is 5.67. The third-order valence-electron chi connectivity index (χ3n) is 3.18. The molecule has 0 atom stereocenters. The highest BCUT2D eigenvalue weighted by atomic mass is 14.8. The lowest BCUT2D eigenvalue weighted by atomic mass is 10.1. The summed E-state index contributed by atoms with van der Waals surface area (Å²) in [4.78, 5) is 0. The number of rotatable bonds is 3. The van der Waals surface area contributed by atoms with Crippen molar-refractivity contribution in [2.75, 3.05) is 5.32 Å². The molecule has 2 aromatic rings. The van der Waals surface area contributed by atoms with Gasteiger partial charge in [-0.15, -0.1) is 0 Å². The van der Waals surface area contributed by atoms with E-state index in [4.69, 9.17) is 0 Å². The van der Waals surface area contributed by atoms with Gasteiger partial charge in [-0.2, -0.15) is 0 Å². The normalized spacial score (nSPS) is 11.5. The molecule has 1 heteroatoms. The van der Waals surface area contributed by atoms with E-state index >= 15 is 0 Å². The van der Waals surface area contributed by atoms with Gasteiger partial charge in [0.1, 0.15) is 0 Å². The van der Waals surface area contributed by atoms with Gasteiger partial charge in [0.25, 0.3) is 0 Å². The zero-order valence-corrected chi connectivity index (χ0v) is 12.1. The molecule has 0 spiro atoms. The van der Waals surface area contributed by atoms with Crippen LogP contribution in [0.15, 0.2) is 48.7 Å². The zero-order chi connectivity index (χ0) is 13.8. The molecule has 0 unspecified atom stereocenters. The van der Waals surface area contributed by atoms with Gasteiger partial charge in [-0.1, -0.05) is 35.9 Å². The fraction of sp³-hybridized carbons (Fsp3) is 0.222. The van der Waals surface area contributed by atoms with E-state index in [9.17, 15) is 0 Å². The average molecular weight is 251 g/mol. The minimum atomic E-state index is 1.14. The molecule has 0 heterocycles. The van der Waals surface area contributed by atoms with Crippen LogP contribution < -0.4 is 5.32 Å². The zero-order valence-electron chi connectivity index (χ0n) is 12.1. The van der Waals surface area contributed by atoms with Crippen molar-refractivity contribution in [3.63, 3.8) is 0 Å². The van der Waals surface area contributed by atoms with Crippen molar-refractivity contribution in [3.05, 3.63) is 70.9 Å². The van der Waals surface area contributed by atoms with Gasteiger partial charge in [-0.25, -0.2) is 0 Å². The summed E-state index contributed by atoms with van der Waals surface area (Å²) in [7, 11) is 0. The molecular formula is C18H21N. The summed E-state index contributed by atoms with van der Waals surface area (Å²) in [5.41, 5.74) is 7.48. The first kappa shape index (κ1) is 13.4. The van der Waals surface area contributed by atoms with E-state index in [0.29, 0.717) is 0 Å². The van der Waals surface area contributed by atoms with Crippen LogP contribution >= 0.6 is 0 Å². The fourth-order valence-corrected chi connectivity index (χ4v) is 2.15. The topological polar surface area (TPSA) is 12.0 Å². The molecule has 0 saturated heterocycles. The molecule has 0 saturated carbocycles. The number of benzene rings is 2. The first-order valence-electron chi connectivity index (χ1n) is 6.63. The van der Waals surface area contributed by atoms with E-state index in [2.05, 4.69) is 81.7 Å². The van der Waals surface area contributed by atoms with Crippen LogP contribution in [0, 0.1) is 20.8 Å². The maximum atomic E-state index is 3.38.